The number of H-pyrrole nitrogens is 1. The third-order valence-electron chi connectivity index (χ3n) is 5.77. The summed E-state index contributed by atoms with van der Waals surface area (Å²) >= 11 is 6.20. The molecular formula is C23H24ClN3O5S. The highest BCUT2D eigenvalue weighted by Gasteiger charge is 2.24. The van der Waals surface area contributed by atoms with E-state index < -0.39 is 10.0 Å². The maximum Gasteiger partial charge on any atom is 0.267 e. The van der Waals surface area contributed by atoms with Gasteiger partial charge in [0.15, 0.2) is 0 Å². The molecule has 8 nitrogen and oxygen atoms in total. The highest BCUT2D eigenvalue weighted by molar-refractivity contribution is 7.92. The molecule has 0 fully saturated rings. The molecule has 10 heteroatoms. The Morgan fingerprint density at radius 1 is 1.03 bits per heavy atom. The molecule has 0 radical (unpaired) electrons. The molecule has 0 unspecified atom stereocenters. The van der Waals surface area contributed by atoms with E-state index in [-0.39, 0.29) is 26.9 Å². The number of fused-ring (bicyclic) bond motifs is 1. The van der Waals surface area contributed by atoms with Crippen LogP contribution in [0, 0.1) is 6.92 Å². The smallest absolute Gasteiger partial charge is 0.267 e. The number of hydrogen-bond donors (Lipinski definition) is 2. The second-order valence-electron chi connectivity index (χ2n) is 7.84. The van der Waals surface area contributed by atoms with Crippen LogP contribution in [0.1, 0.15) is 29.5 Å². The normalized spacial score (nSPS) is 13.3. The first-order valence-corrected chi connectivity index (χ1v) is 12.3. The third-order valence-corrected chi connectivity index (χ3v) is 7.57. The molecule has 2 N–H and O–H groups in total. The second-order valence-corrected chi connectivity index (χ2v) is 9.90. The van der Waals surface area contributed by atoms with Gasteiger partial charge in [-0.3, -0.25) is 9.52 Å². The lowest BCUT2D eigenvalue weighted by atomic mass is 9.90. The molecule has 0 bridgehead atoms. The first-order chi connectivity index (χ1) is 15.7. The number of ether oxygens (including phenoxy) is 2. The van der Waals surface area contributed by atoms with Gasteiger partial charge >= 0.3 is 0 Å². The van der Waals surface area contributed by atoms with Crippen LogP contribution < -0.4 is 19.8 Å². The van der Waals surface area contributed by atoms with Gasteiger partial charge in [0, 0.05) is 17.2 Å². The zero-order valence-corrected chi connectivity index (χ0v) is 20.1. The highest BCUT2D eigenvalue weighted by atomic mass is 35.5. The van der Waals surface area contributed by atoms with Gasteiger partial charge in [-0.2, -0.15) is 5.10 Å². The fourth-order valence-electron chi connectivity index (χ4n) is 4.07. The highest BCUT2D eigenvalue weighted by Crippen LogP contribution is 2.37. The van der Waals surface area contributed by atoms with E-state index >= 15 is 0 Å². The summed E-state index contributed by atoms with van der Waals surface area (Å²) < 4.78 is 39.8. The van der Waals surface area contributed by atoms with Gasteiger partial charge in [-0.05, 0) is 55.9 Å². The van der Waals surface area contributed by atoms with Gasteiger partial charge in [0.05, 0.1) is 35.5 Å². The first-order valence-electron chi connectivity index (χ1n) is 10.4. The third kappa shape index (κ3) is 4.43. The Morgan fingerprint density at radius 3 is 2.42 bits per heavy atom. The lowest BCUT2D eigenvalue weighted by Crippen LogP contribution is -2.21. The molecule has 3 aromatic rings. The summed E-state index contributed by atoms with van der Waals surface area (Å²) in [6.07, 6.45) is 3.33. The number of benzene rings is 2. The molecule has 33 heavy (non-hydrogen) atoms. The Morgan fingerprint density at radius 2 is 1.73 bits per heavy atom. The number of hydrogen-bond acceptors (Lipinski definition) is 6. The van der Waals surface area contributed by atoms with E-state index in [2.05, 4.69) is 14.9 Å². The minimum absolute atomic E-state index is 0.0894. The molecule has 0 spiro atoms. The molecule has 4 rings (SSSR count). The summed E-state index contributed by atoms with van der Waals surface area (Å²) in [6, 6.07) is 8.07. The molecule has 0 amide bonds. The zero-order valence-electron chi connectivity index (χ0n) is 18.5. The fourth-order valence-corrected chi connectivity index (χ4v) is 5.65. The minimum atomic E-state index is -4.00. The number of nitrogens with one attached hydrogen (secondary N) is 2. The molecule has 174 valence electrons. The SMILES string of the molecule is COc1cc(OC)c(NS(=O)(=O)c2cc(-c3n[nH]c(=O)c4c3CCCC4)ccc2C)cc1Cl. The Labute approximate surface area is 197 Å². The van der Waals surface area contributed by atoms with Crippen LogP contribution in [0.5, 0.6) is 11.5 Å². The quantitative estimate of drug-likeness (QED) is 0.539. The maximum absolute atomic E-state index is 13.4. The van der Waals surface area contributed by atoms with Crippen molar-refractivity contribution >= 4 is 27.3 Å². The van der Waals surface area contributed by atoms with Crippen LogP contribution in [0.2, 0.25) is 5.02 Å². The van der Waals surface area contributed by atoms with Crippen molar-refractivity contribution in [2.24, 2.45) is 0 Å². The van der Waals surface area contributed by atoms with Crippen molar-refractivity contribution < 1.29 is 17.9 Å². The summed E-state index contributed by atoms with van der Waals surface area (Å²) in [7, 11) is -1.11. The topological polar surface area (TPSA) is 110 Å². The van der Waals surface area contributed by atoms with Crippen LogP contribution in [0.15, 0.2) is 40.0 Å². The largest absolute Gasteiger partial charge is 0.495 e. The van der Waals surface area contributed by atoms with E-state index in [4.69, 9.17) is 21.1 Å². The average molecular weight is 490 g/mol. The van der Waals surface area contributed by atoms with E-state index in [1.165, 1.54) is 26.4 Å². The van der Waals surface area contributed by atoms with Crippen LogP contribution >= 0.6 is 11.6 Å². The van der Waals surface area contributed by atoms with Crippen molar-refractivity contribution in [2.45, 2.75) is 37.5 Å². The standard InChI is InChI=1S/C23H24ClN3O5S/c1-13-8-9-14(22-15-6-4-5-7-16(15)23(28)26-25-22)10-21(13)33(29,30)27-18-11-17(24)19(31-2)12-20(18)32-3/h8-12,27H,4-7H2,1-3H3,(H,26,28). The maximum atomic E-state index is 13.4. The number of aromatic nitrogens is 2. The van der Waals surface area contributed by atoms with Crippen LogP contribution in [0.4, 0.5) is 5.69 Å². The van der Waals surface area contributed by atoms with Crippen molar-refractivity contribution in [1.82, 2.24) is 10.2 Å². The van der Waals surface area contributed by atoms with Gasteiger partial charge in [0.25, 0.3) is 15.6 Å². The Kier molecular flexibility index (Phi) is 6.36. The summed E-state index contributed by atoms with van der Waals surface area (Å²) in [5.74, 6) is 0.633. The van der Waals surface area contributed by atoms with Crippen LogP contribution in [0.3, 0.4) is 0 Å². The van der Waals surface area contributed by atoms with Crippen molar-refractivity contribution in [2.75, 3.05) is 18.9 Å². The predicted octanol–water partition coefficient (Wildman–Crippen LogP) is 4.10. The number of rotatable bonds is 6. The van der Waals surface area contributed by atoms with E-state index in [9.17, 15) is 13.2 Å². The average Bonchev–Trinajstić information content (AvgIpc) is 2.80. The minimum Gasteiger partial charge on any atom is -0.495 e. The molecule has 0 atom stereocenters. The first kappa shape index (κ1) is 23.1. The molecule has 0 saturated heterocycles. The number of aryl methyl sites for hydroxylation is 1. The predicted molar refractivity (Wildman–Crippen MR) is 127 cm³/mol. The fraction of sp³-hybridized carbons (Fsp3) is 0.304. The molecular weight excluding hydrogens is 466 g/mol. The van der Waals surface area contributed by atoms with Crippen molar-refractivity contribution in [3.8, 4) is 22.8 Å². The van der Waals surface area contributed by atoms with Crippen molar-refractivity contribution in [3.05, 3.63) is 62.4 Å². The Hall–Kier alpha value is -3.04. The van der Waals surface area contributed by atoms with E-state index in [0.29, 0.717) is 29.0 Å². The Bertz CT molecular complexity index is 1390. The van der Waals surface area contributed by atoms with Crippen LogP contribution in [0.25, 0.3) is 11.3 Å². The summed E-state index contributed by atoms with van der Waals surface area (Å²) in [5.41, 5.74) is 3.40. The monoisotopic (exact) mass is 489 g/mol. The molecule has 0 saturated carbocycles. The van der Waals surface area contributed by atoms with Gasteiger partial charge < -0.3 is 9.47 Å². The van der Waals surface area contributed by atoms with Gasteiger partial charge in [0.1, 0.15) is 11.5 Å². The summed E-state index contributed by atoms with van der Waals surface area (Å²) in [4.78, 5) is 12.3. The molecule has 1 aromatic heterocycles. The number of methoxy groups -OCH3 is 2. The number of nitrogens with zero attached hydrogens (tertiary/aromatic N) is 1. The molecule has 1 heterocycles. The molecule has 2 aromatic carbocycles. The number of sulfonamides is 1. The van der Waals surface area contributed by atoms with Gasteiger partial charge in [0.2, 0.25) is 0 Å². The second kappa shape index (κ2) is 9.07. The summed E-state index contributed by atoms with van der Waals surface area (Å²) in [6.45, 7) is 1.71. The van der Waals surface area contributed by atoms with E-state index in [0.717, 1.165) is 30.4 Å². The summed E-state index contributed by atoms with van der Waals surface area (Å²) in [5, 5.41) is 7.05. The Balaban J connectivity index is 1.78. The number of halogens is 1. The molecule has 0 aliphatic heterocycles. The lowest BCUT2D eigenvalue weighted by molar-refractivity contribution is 0.396. The van der Waals surface area contributed by atoms with E-state index in [1.54, 1.807) is 19.1 Å². The van der Waals surface area contributed by atoms with E-state index in [1.807, 2.05) is 6.07 Å². The van der Waals surface area contributed by atoms with Crippen molar-refractivity contribution in [1.29, 1.82) is 0 Å². The zero-order chi connectivity index (χ0) is 23.8. The van der Waals surface area contributed by atoms with Gasteiger partial charge in [-0.15, -0.1) is 0 Å². The molecule has 1 aliphatic carbocycles. The van der Waals surface area contributed by atoms with Gasteiger partial charge in [-0.1, -0.05) is 23.7 Å². The lowest BCUT2D eigenvalue weighted by Gasteiger charge is -2.18. The van der Waals surface area contributed by atoms with Crippen LogP contribution in [-0.2, 0) is 22.9 Å². The number of aromatic amines is 1. The number of anilines is 1. The molecule has 1 aliphatic rings. The van der Waals surface area contributed by atoms with Crippen molar-refractivity contribution in [3.63, 3.8) is 0 Å². The van der Waals surface area contributed by atoms with Gasteiger partial charge in [-0.25, -0.2) is 13.5 Å². The van der Waals surface area contributed by atoms with Crippen LogP contribution in [-0.4, -0.2) is 32.8 Å².